The Bertz CT molecular complexity index is 79.1. The topological polar surface area (TPSA) is 9.23 Å². The minimum absolute atomic E-state index is 0.885. The molecule has 0 radical (unpaired) electrons. The molecule has 1 nitrogen and oxygen atoms in total. The number of hydrogen-bond acceptors (Lipinski definition) is 1. The molecule has 56 valence electrons. The van der Waals surface area contributed by atoms with Gasteiger partial charge in [0.1, 0.15) is 0 Å². The van der Waals surface area contributed by atoms with Crippen LogP contribution >= 0.6 is 0 Å². The summed E-state index contributed by atoms with van der Waals surface area (Å²) in [5.74, 6) is 0. The lowest BCUT2D eigenvalue weighted by atomic mass is 10.4. The zero-order valence-corrected chi connectivity index (χ0v) is 4.70. The van der Waals surface area contributed by atoms with Crippen molar-refractivity contribution in [3.63, 3.8) is 0 Å². The summed E-state index contributed by atoms with van der Waals surface area (Å²) in [6, 6.07) is 0. The first-order chi connectivity index (χ1) is 3.95. The zero-order chi connectivity index (χ0) is 7.49. The molecule has 5 heteroatoms. The highest BCUT2D eigenvalue weighted by atomic mass is 19.4. The molecular formula is C4H6F4O. The fourth-order valence-corrected chi connectivity index (χ4v) is 0.265. The number of halogens is 4. The Morgan fingerprint density at radius 2 is 1.89 bits per heavy atom. The van der Waals surface area contributed by atoms with E-state index in [-0.39, 0.29) is 0 Å². The summed E-state index contributed by atoms with van der Waals surface area (Å²) in [7, 11) is 0.885. The molecule has 0 bridgehead atoms. The maximum absolute atomic E-state index is 11.7. The number of ether oxygens (including phenoxy) is 1. The standard InChI is InChI=1S/C4H6F4O/c1-9-3(5)2-4(6,7)8/h3H,2H2,1H3. The lowest BCUT2D eigenvalue weighted by Crippen LogP contribution is -2.16. The van der Waals surface area contributed by atoms with Crippen LogP contribution < -0.4 is 0 Å². The molecule has 0 heterocycles. The van der Waals surface area contributed by atoms with Crippen molar-refractivity contribution in [3.05, 3.63) is 0 Å². The molecule has 0 aromatic heterocycles. The fourth-order valence-electron chi connectivity index (χ4n) is 0.265. The van der Waals surface area contributed by atoms with Crippen LogP contribution in [0.25, 0.3) is 0 Å². The van der Waals surface area contributed by atoms with Gasteiger partial charge in [0.05, 0.1) is 6.42 Å². The van der Waals surface area contributed by atoms with Gasteiger partial charge in [-0.2, -0.15) is 13.2 Å². The normalized spacial score (nSPS) is 15.7. The number of methoxy groups -OCH3 is 1. The summed E-state index contributed by atoms with van der Waals surface area (Å²) in [6.07, 6.45) is -8.25. The van der Waals surface area contributed by atoms with Crippen LogP contribution in [0.2, 0.25) is 0 Å². The van der Waals surface area contributed by atoms with Gasteiger partial charge < -0.3 is 4.74 Å². The molecule has 0 aliphatic rings. The average Bonchev–Trinajstić information content (AvgIpc) is 1.62. The van der Waals surface area contributed by atoms with Gasteiger partial charge >= 0.3 is 6.18 Å². The maximum atomic E-state index is 11.7. The van der Waals surface area contributed by atoms with Gasteiger partial charge in [-0.1, -0.05) is 0 Å². The second-order valence-corrected chi connectivity index (χ2v) is 1.47. The van der Waals surface area contributed by atoms with Crippen LogP contribution in [0.4, 0.5) is 17.6 Å². The Hall–Kier alpha value is -0.320. The van der Waals surface area contributed by atoms with E-state index < -0.39 is 19.0 Å². The first-order valence-electron chi connectivity index (χ1n) is 2.19. The smallest absolute Gasteiger partial charge is 0.351 e. The minimum Gasteiger partial charge on any atom is -0.351 e. The molecule has 0 aromatic carbocycles. The van der Waals surface area contributed by atoms with Crippen LogP contribution in [0.5, 0.6) is 0 Å². The Balaban J connectivity index is 3.47. The molecule has 0 saturated carbocycles. The lowest BCUT2D eigenvalue weighted by Gasteiger charge is -2.07. The molecule has 0 saturated heterocycles. The highest BCUT2D eigenvalue weighted by molar-refractivity contribution is 4.51. The average molecular weight is 146 g/mol. The molecule has 0 N–H and O–H groups in total. The molecule has 1 unspecified atom stereocenters. The van der Waals surface area contributed by atoms with Crippen LogP contribution in [-0.4, -0.2) is 19.6 Å². The van der Waals surface area contributed by atoms with Gasteiger partial charge in [0.2, 0.25) is 6.36 Å². The highest BCUT2D eigenvalue weighted by Gasteiger charge is 2.31. The quantitative estimate of drug-likeness (QED) is 0.540. The predicted octanol–water partition coefficient (Wildman–Crippen LogP) is 1.88. The number of hydrogen-bond donors (Lipinski definition) is 0. The summed E-state index contributed by atoms with van der Waals surface area (Å²) in [4.78, 5) is 0. The summed E-state index contributed by atoms with van der Waals surface area (Å²) >= 11 is 0. The van der Waals surface area contributed by atoms with E-state index in [1.54, 1.807) is 0 Å². The molecule has 1 atom stereocenters. The predicted molar refractivity (Wildman–Crippen MR) is 22.6 cm³/mol. The third-order valence-electron chi connectivity index (χ3n) is 0.648. The maximum Gasteiger partial charge on any atom is 0.394 e. The molecule has 0 rings (SSSR count). The Labute approximate surface area is 49.6 Å². The van der Waals surface area contributed by atoms with Crippen LogP contribution in [0.1, 0.15) is 6.42 Å². The van der Waals surface area contributed by atoms with E-state index in [0.717, 1.165) is 7.11 Å². The monoisotopic (exact) mass is 146 g/mol. The Morgan fingerprint density at radius 3 is 2.00 bits per heavy atom. The molecule has 0 aromatic rings. The van der Waals surface area contributed by atoms with E-state index >= 15 is 0 Å². The highest BCUT2D eigenvalue weighted by Crippen LogP contribution is 2.22. The van der Waals surface area contributed by atoms with E-state index in [9.17, 15) is 17.6 Å². The zero-order valence-electron chi connectivity index (χ0n) is 4.70. The summed E-state index contributed by atoms with van der Waals surface area (Å²) < 4.78 is 48.9. The number of alkyl halides is 4. The molecule has 0 spiro atoms. The van der Waals surface area contributed by atoms with Crippen molar-refractivity contribution in [2.45, 2.75) is 19.0 Å². The third-order valence-corrected chi connectivity index (χ3v) is 0.648. The Kier molecular flexibility index (Phi) is 2.90. The van der Waals surface area contributed by atoms with Gasteiger partial charge in [-0.15, -0.1) is 0 Å². The van der Waals surface area contributed by atoms with E-state index in [1.165, 1.54) is 0 Å². The first-order valence-corrected chi connectivity index (χ1v) is 2.19. The van der Waals surface area contributed by atoms with Gasteiger partial charge in [-0.05, 0) is 0 Å². The van der Waals surface area contributed by atoms with Crippen LogP contribution in [0, 0.1) is 0 Å². The summed E-state index contributed by atoms with van der Waals surface area (Å²) in [6.45, 7) is 0. The van der Waals surface area contributed by atoms with E-state index in [1.807, 2.05) is 0 Å². The second-order valence-electron chi connectivity index (χ2n) is 1.47. The van der Waals surface area contributed by atoms with Crippen molar-refractivity contribution in [2.75, 3.05) is 7.11 Å². The first kappa shape index (κ1) is 8.68. The summed E-state index contributed by atoms with van der Waals surface area (Å²) in [5, 5.41) is 0. The van der Waals surface area contributed by atoms with Crippen molar-refractivity contribution in [3.8, 4) is 0 Å². The SMILES string of the molecule is COC(F)CC(F)(F)F. The van der Waals surface area contributed by atoms with Crippen molar-refractivity contribution < 1.29 is 22.3 Å². The lowest BCUT2D eigenvalue weighted by molar-refractivity contribution is -0.177. The van der Waals surface area contributed by atoms with Crippen LogP contribution in [-0.2, 0) is 4.74 Å². The minimum atomic E-state index is -4.48. The van der Waals surface area contributed by atoms with Gasteiger partial charge in [0.15, 0.2) is 0 Å². The van der Waals surface area contributed by atoms with E-state index in [2.05, 4.69) is 4.74 Å². The van der Waals surface area contributed by atoms with Gasteiger partial charge in [0.25, 0.3) is 0 Å². The fraction of sp³-hybridized carbons (Fsp3) is 1.00. The molecule has 0 aliphatic carbocycles. The largest absolute Gasteiger partial charge is 0.394 e. The van der Waals surface area contributed by atoms with Crippen LogP contribution in [0.3, 0.4) is 0 Å². The molecule has 0 fully saturated rings. The van der Waals surface area contributed by atoms with E-state index in [4.69, 9.17) is 0 Å². The van der Waals surface area contributed by atoms with Gasteiger partial charge in [-0.25, -0.2) is 4.39 Å². The molecule has 0 aliphatic heterocycles. The van der Waals surface area contributed by atoms with Gasteiger partial charge in [-0.3, -0.25) is 0 Å². The number of rotatable bonds is 2. The van der Waals surface area contributed by atoms with Gasteiger partial charge in [0, 0.05) is 7.11 Å². The van der Waals surface area contributed by atoms with Crippen molar-refractivity contribution in [2.24, 2.45) is 0 Å². The third kappa shape index (κ3) is 5.55. The van der Waals surface area contributed by atoms with E-state index in [0.29, 0.717) is 0 Å². The van der Waals surface area contributed by atoms with Crippen molar-refractivity contribution in [1.29, 1.82) is 0 Å². The second kappa shape index (κ2) is 3.00. The molecule has 0 amide bonds. The van der Waals surface area contributed by atoms with Crippen molar-refractivity contribution >= 4 is 0 Å². The van der Waals surface area contributed by atoms with Crippen molar-refractivity contribution in [1.82, 2.24) is 0 Å². The summed E-state index contributed by atoms with van der Waals surface area (Å²) in [5.41, 5.74) is 0. The molecular weight excluding hydrogens is 140 g/mol. The molecule has 9 heavy (non-hydrogen) atoms. The Morgan fingerprint density at radius 1 is 1.44 bits per heavy atom. The van der Waals surface area contributed by atoms with Crippen LogP contribution in [0.15, 0.2) is 0 Å².